The molecule has 9 heteroatoms. The van der Waals surface area contributed by atoms with Crippen molar-refractivity contribution in [2.45, 2.75) is 38.4 Å². The van der Waals surface area contributed by atoms with Gasteiger partial charge >= 0.3 is 6.18 Å². The molecule has 0 spiro atoms. The fraction of sp³-hybridized carbons (Fsp3) is 0.400. The van der Waals surface area contributed by atoms with Crippen molar-refractivity contribution in [1.29, 1.82) is 0 Å². The molecule has 2 aromatic heterocycles. The van der Waals surface area contributed by atoms with Crippen LogP contribution in [0.1, 0.15) is 32.3 Å². The summed E-state index contributed by atoms with van der Waals surface area (Å²) in [5.41, 5.74) is 3.91. The molecule has 2 heterocycles. The van der Waals surface area contributed by atoms with E-state index in [0.29, 0.717) is 6.42 Å². The molecule has 24 heavy (non-hydrogen) atoms. The number of anilines is 1. The van der Waals surface area contributed by atoms with Crippen LogP contribution in [0, 0.1) is 0 Å². The van der Waals surface area contributed by atoms with Crippen LogP contribution in [0.25, 0.3) is 5.82 Å². The van der Waals surface area contributed by atoms with Crippen molar-refractivity contribution in [3.8, 4) is 5.82 Å². The Morgan fingerprint density at radius 1 is 1.38 bits per heavy atom. The topological polar surface area (TPSA) is 85.8 Å². The lowest BCUT2D eigenvalue weighted by Gasteiger charge is -2.21. The van der Waals surface area contributed by atoms with Gasteiger partial charge in [0, 0.05) is 18.5 Å². The van der Waals surface area contributed by atoms with Gasteiger partial charge in [-0.1, -0.05) is 13.3 Å². The summed E-state index contributed by atoms with van der Waals surface area (Å²) in [6, 6.07) is 3.50. The Balaban J connectivity index is 2.25. The molecular weight excluding hydrogens is 323 g/mol. The number of nitrogens with one attached hydrogen (secondary N) is 1. The molecule has 130 valence electrons. The normalized spacial score (nSPS) is 14.2. The van der Waals surface area contributed by atoms with Crippen LogP contribution in [0.2, 0.25) is 0 Å². The van der Waals surface area contributed by atoms with E-state index in [1.54, 1.807) is 6.92 Å². The van der Waals surface area contributed by atoms with Gasteiger partial charge in [-0.2, -0.15) is 13.2 Å². The zero-order valence-corrected chi connectivity index (χ0v) is 13.3. The number of amides is 1. The van der Waals surface area contributed by atoms with Gasteiger partial charge in [-0.05, 0) is 25.5 Å². The second-order valence-electron chi connectivity index (χ2n) is 5.64. The molecule has 0 fully saturated rings. The Labute approximate surface area is 136 Å². The molecule has 0 aliphatic rings. The molecule has 0 aliphatic heterocycles. The molecule has 0 aliphatic carbocycles. The van der Waals surface area contributed by atoms with E-state index in [0.717, 1.165) is 17.2 Å². The van der Waals surface area contributed by atoms with E-state index in [1.807, 2.05) is 6.92 Å². The number of hydrogen-bond acceptors (Lipinski definition) is 4. The number of hydrogen-bond donors (Lipinski definition) is 2. The van der Waals surface area contributed by atoms with E-state index >= 15 is 0 Å². The van der Waals surface area contributed by atoms with Gasteiger partial charge in [0.25, 0.3) is 0 Å². The molecule has 0 aromatic carbocycles. The van der Waals surface area contributed by atoms with Gasteiger partial charge in [0.2, 0.25) is 5.91 Å². The summed E-state index contributed by atoms with van der Waals surface area (Å²) in [7, 11) is 0. The van der Waals surface area contributed by atoms with Gasteiger partial charge < -0.3 is 11.1 Å². The number of alkyl halides is 3. The Bertz CT molecular complexity index is 724. The van der Waals surface area contributed by atoms with Crippen LogP contribution < -0.4 is 11.1 Å². The van der Waals surface area contributed by atoms with E-state index < -0.39 is 23.2 Å². The Hall–Kier alpha value is -2.42. The monoisotopic (exact) mass is 341 g/mol. The minimum absolute atomic E-state index is 0.103. The molecule has 2 rings (SSSR count). The number of carbonyl (C=O) groups is 1. The standard InChI is InChI=1S/C15H18F3N5O/c1-3-7-14(2,19)13(24)21-11-6-9-23(22-11)12-10(15(16,17)18)5-4-8-20-12/h4-6,8-9H,3,7,19H2,1-2H3,(H,21,22,24). The van der Waals surface area contributed by atoms with Crippen molar-refractivity contribution in [3.63, 3.8) is 0 Å². The number of halogens is 3. The van der Waals surface area contributed by atoms with Crippen molar-refractivity contribution < 1.29 is 18.0 Å². The van der Waals surface area contributed by atoms with Crippen LogP contribution in [-0.2, 0) is 11.0 Å². The second kappa shape index (κ2) is 6.60. The van der Waals surface area contributed by atoms with Crippen LogP contribution in [-0.4, -0.2) is 26.2 Å². The summed E-state index contributed by atoms with van der Waals surface area (Å²) in [4.78, 5) is 15.8. The Morgan fingerprint density at radius 3 is 2.71 bits per heavy atom. The zero-order valence-electron chi connectivity index (χ0n) is 13.3. The van der Waals surface area contributed by atoms with Gasteiger partial charge in [0.15, 0.2) is 11.6 Å². The van der Waals surface area contributed by atoms with Crippen LogP contribution >= 0.6 is 0 Å². The van der Waals surface area contributed by atoms with Crippen molar-refractivity contribution in [2.75, 3.05) is 5.32 Å². The highest BCUT2D eigenvalue weighted by atomic mass is 19.4. The van der Waals surface area contributed by atoms with Crippen molar-refractivity contribution in [3.05, 3.63) is 36.2 Å². The summed E-state index contributed by atoms with van der Waals surface area (Å²) in [5.74, 6) is -0.715. The second-order valence-corrected chi connectivity index (χ2v) is 5.64. The summed E-state index contributed by atoms with van der Waals surface area (Å²) in [5, 5.41) is 6.45. The quantitative estimate of drug-likeness (QED) is 0.875. The van der Waals surface area contributed by atoms with Gasteiger partial charge in [0.1, 0.15) is 5.56 Å². The average Bonchev–Trinajstić information content (AvgIpc) is 2.94. The molecular formula is C15H18F3N5O. The fourth-order valence-electron chi connectivity index (χ4n) is 2.20. The van der Waals surface area contributed by atoms with Crippen LogP contribution in [0.15, 0.2) is 30.6 Å². The largest absolute Gasteiger partial charge is 0.420 e. The summed E-state index contributed by atoms with van der Waals surface area (Å²) in [6.45, 7) is 3.48. The van der Waals surface area contributed by atoms with Crippen molar-refractivity contribution in [2.24, 2.45) is 5.73 Å². The van der Waals surface area contributed by atoms with E-state index in [1.165, 1.54) is 24.5 Å². The predicted octanol–water partition coefficient (Wildman–Crippen LogP) is 2.74. The van der Waals surface area contributed by atoms with Crippen molar-refractivity contribution >= 4 is 11.7 Å². The first-order valence-electron chi connectivity index (χ1n) is 7.33. The van der Waals surface area contributed by atoms with Gasteiger partial charge in [-0.25, -0.2) is 9.67 Å². The van der Waals surface area contributed by atoms with E-state index in [-0.39, 0.29) is 11.6 Å². The number of rotatable bonds is 5. The maximum absolute atomic E-state index is 13.0. The zero-order chi connectivity index (χ0) is 18.0. The van der Waals surface area contributed by atoms with Crippen LogP contribution in [0.3, 0.4) is 0 Å². The first-order valence-corrected chi connectivity index (χ1v) is 7.33. The molecule has 1 atom stereocenters. The number of aromatic nitrogens is 3. The average molecular weight is 341 g/mol. The molecule has 6 nitrogen and oxygen atoms in total. The van der Waals surface area contributed by atoms with E-state index in [4.69, 9.17) is 5.73 Å². The van der Waals surface area contributed by atoms with Crippen LogP contribution in [0.5, 0.6) is 0 Å². The first kappa shape index (κ1) is 17.9. The molecule has 3 N–H and O–H groups in total. The molecule has 2 aromatic rings. The molecule has 0 saturated heterocycles. The number of pyridine rings is 1. The van der Waals surface area contributed by atoms with E-state index in [9.17, 15) is 18.0 Å². The Kier molecular flexibility index (Phi) is 4.93. The minimum atomic E-state index is -4.56. The molecule has 0 saturated carbocycles. The molecule has 1 amide bonds. The third-order valence-corrected chi connectivity index (χ3v) is 3.43. The molecule has 0 radical (unpaired) electrons. The summed E-state index contributed by atoms with van der Waals surface area (Å²) < 4.78 is 40.0. The number of nitrogens with two attached hydrogens (primary N) is 1. The van der Waals surface area contributed by atoms with Crippen molar-refractivity contribution in [1.82, 2.24) is 14.8 Å². The third-order valence-electron chi connectivity index (χ3n) is 3.43. The number of nitrogens with zero attached hydrogens (tertiary/aromatic N) is 3. The lowest BCUT2D eigenvalue weighted by atomic mass is 9.97. The highest BCUT2D eigenvalue weighted by molar-refractivity contribution is 5.96. The van der Waals surface area contributed by atoms with Gasteiger partial charge in [-0.15, -0.1) is 5.10 Å². The molecule has 1 unspecified atom stereocenters. The maximum Gasteiger partial charge on any atom is 0.420 e. The Morgan fingerprint density at radius 2 is 2.08 bits per heavy atom. The lowest BCUT2D eigenvalue weighted by Crippen LogP contribution is -2.48. The highest BCUT2D eigenvalue weighted by Crippen LogP contribution is 2.32. The van der Waals surface area contributed by atoms with E-state index in [2.05, 4.69) is 15.4 Å². The smallest absolute Gasteiger partial charge is 0.318 e. The summed E-state index contributed by atoms with van der Waals surface area (Å²) in [6.07, 6.45) is -0.838. The molecule has 0 bridgehead atoms. The lowest BCUT2D eigenvalue weighted by molar-refractivity contribution is -0.137. The maximum atomic E-state index is 13.0. The fourth-order valence-corrected chi connectivity index (χ4v) is 2.20. The highest BCUT2D eigenvalue weighted by Gasteiger charge is 2.35. The minimum Gasteiger partial charge on any atom is -0.318 e. The predicted molar refractivity (Wildman–Crippen MR) is 82.5 cm³/mol. The first-order chi connectivity index (χ1) is 11.1. The van der Waals surface area contributed by atoms with Gasteiger partial charge in [-0.3, -0.25) is 4.79 Å². The number of carbonyl (C=O) groups excluding carboxylic acids is 1. The SMILES string of the molecule is CCCC(C)(N)C(=O)Nc1ccn(-c2ncccc2C(F)(F)F)n1. The summed E-state index contributed by atoms with van der Waals surface area (Å²) >= 11 is 0. The van der Waals surface area contributed by atoms with Crippen LogP contribution in [0.4, 0.5) is 19.0 Å². The van der Waals surface area contributed by atoms with Gasteiger partial charge in [0.05, 0.1) is 5.54 Å². The third kappa shape index (κ3) is 3.91.